The Morgan fingerprint density at radius 1 is 1.05 bits per heavy atom. The molecule has 0 saturated carbocycles. The number of hydrogen-bond acceptors (Lipinski definition) is 4. The first-order valence-electron chi connectivity index (χ1n) is 7.20. The second-order valence-electron chi connectivity index (χ2n) is 5.20. The second-order valence-corrected chi connectivity index (χ2v) is 6.91. The van der Waals surface area contributed by atoms with Crippen molar-refractivity contribution in [1.29, 1.82) is 0 Å². The molecular weight excluding hydrogens is 416 g/mol. The molecule has 6 heteroatoms. The van der Waals surface area contributed by atoms with Crippen LogP contribution in [-0.2, 0) is 9.47 Å². The van der Waals surface area contributed by atoms with E-state index in [0.29, 0.717) is 21.5 Å². The third-order valence-electron chi connectivity index (χ3n) is 2.93. The highest BCUT2D eigenvalue weighted by molar-refractivity contribution is 9.13. The van der Waals surface area contributed by atoms with Crippen molar-refractivity contribution in [2.75, 3.05) is 13.2 Å². The molecule has 0 aliphatic heterocycles. The van der Waals surface area contributed by atoms with Crippen LogP contribution >= 0.6 is 31.9 Å². The lowest BCUT2D eigenvalue weighted by Gasteiger charge is -2.11. The second kappa shape index (κ2) is 9.30. The molecular formula is C16H20Br2O4. The average molecular weight is 436 g/mol. The van der Waals surface area contributed by atoms with Crippen LogP contribution in [0.4, 0.5) is 0 Å². The van der Waals surface area contributed by atoms with E-state index < -0.39 is 11.9 Å². The first-order valence-corrected chi connectivity index (χ1v) is 8.78. The molecule has 0 heterocycles. The van der Waals surface area contributed by atoms with Gasteiger partial charge in [0.25, 0.3) is 0 Å². The largest absolute Gasteiger partial charge is 0.462 e. The van der Waals surface area contributed by atoms with Gasteiger partial charge in [-0.1, -0.05) is 13.8 Å². The molecule has 0 saturated heterocycles. The highest BCUT2D eigenvalue weighted by Gasteiger charge is 2.21. The van der Waals surface area contributed by atoms with Gasteiger partial charge < -0.3 is 9.47 Å². The minimum Gasteiger partial charge on any atom is -0.462 e. The molecule has 0 spiro atoms. The molecule has 0 radical (unpaired) electrons. The molecule has 1 aromatic rings. The Bertz CT molecular complexity index is 541. The lowest BCUT2D eigenvalue weighted by molar-refractivity contribution is 0.0460. The summed E-state index contributed by atoms with van der Waals surface area (Å²) < 4.78 is 11.6. The van der Waals surface area contributed by atoms with Crippen molar-refractivity contribution in [1.82, 2.24) is 0 Å². The summed E-state index contributed by atoms with van der Waals surface area (Å²) in [7, 11) is 0. The zero-order valence-electron chi connectivity index (χ0n) is 12.9. The summed E-state index contributed by atoms with van der Waals surface area (Å²) in [6.07, 6.45) is 1.79. The normalized spacial score (nSPS) is 10.6. The quantitative estimate of drug-likeness (QED) is 0.447. The number of carbonyl (C=O) groups is 2. The maximum atomic E-state index is 12.2. The summed E-state index contributed by atoms with van der Waals surface area (Å²) in [5.41, 5.74) is 0.406. The zero-order chi connectivity index (χ0) is 16.7. The first kappa shape index (κ1) is 19.2. The lowest BCUT2D eigenvalue weighted by atomic mass is 10.1. The summed E-state index contributed by atoms with van der Waals surface area (Å²) in [6.45, 7) is 6.54. The summed E-state index contributed by atoms with van der Waals surface area (Å²) in [4.78, 5) is 24.2. The SMILES string of the molecule is CCOC(=O)c1cc(Br)c(Br)cc1C(=O)OCCCC(C)C. The van der Waals surface area contributed by atoms with Gasteiger partial charge in [0, 0.05) is 8.95 Å². The summed E-state index contributed by atoms with van der Waals surface area (Å²) in [5.74, 6) is -0.486. The minimum atomic E-state index is -0.537. The highest BCUT2D eigenvalue weighted by atomic mass is 79.9. The molecule has 1 rings (SSSR count). The molecule has 0 bridgehead atoms. The van der Waals surface area contributed by atoms with Crippen LogP contribution < -0.4 is 0 Å². The van der Waals surface area contributed by atoms with E-state index in [1.807, 2.05) is 0 Å². The van der Waals surface area contributed by atoms with Gasteiger partial charge in [0.05, 0.1) is 24.3 Å². The number of halogens is 2. The van der Waals surface area contributed by atoms with Gasteiger partial charge in [0.2, 0.25) is 0 Å². The van der Waals surface area contributed by atoms with Gasteiger partial charge in [0.15, 0.2) is 0 Å². The predicted octanol–water partition coefficient (Wildman–Crippen LogP) is 4.98. The van der Waals surface area contributed by atoms with E-state index in [2.05, 4.69) is 45.7 Å². The number of esters is 2. The standard InChI is InChI=1S/C16H20Br2O4/c1-4-21-15(19)11-8-13(17)14(18)9-12(11)16(20)22-7-5-6-10(2)3/h8-10H,4-7H2,1-3H3. The highest BCUT2D eigenvalue weighted by Crippen LogP contribution is 2.28. The van der Waals surface area contributed by atoms with E-state index in [1.165, 1.54) is 0 Å². The van der Waals surface area contributed by atoms with Crippen molar-refractivity contribution >= 4 is 43.8 Å². The van der Waals surface area contributed by atoms with Crippen molar-refractivity contribution in [2.24, 2.45) is 5.92 Å². The fraction of sp³-hybridized carbons (Fsp3) is 0.500. The zero-order valence-corrected chi connectivity index (χ0v) is 16.1. The van der Waals surface area contributed by atoms with Gasteiger partial charge in [-0.2, -0.15) is 0 Å². The number of rotatable bonds is 7. The molecule has 0 amide bonds. The molecule has 0 aromatic heterocycles. The average Bonchev–Trinajstić information content (AvgIpc) is 2.45. The molecule has 4 nitrogen and oxygen atoms in total. The van der Waals surface area contributed by atoms with Crippen molar-refractivity contribution in [3.63, 3.8) is 0 Å². The van der Waals surface area contributed by atoms with Crippen LogP contribution in [0.1, 0.15) is 54.3 Å². The minimum absolute atomic E-state index is 0.200. The molecule has 0 fully saturated rings. The summed E-state index contributed by atoms with van der Waals surface area (Å²) in [5, 5.41) is 0. The number of benzene rings is 1. The van der Waals surface area contributed by atoms with Gasteiger partial charge in [0.1, 0.15) is 0 Å². The van der Waals surface area contributed by atoms with Crippen LogP contribution in [0.3, 0.4) is 0 Å². The van der Waals surface area contributed by atoms with Crippen molar-refractivity contribution in [3.05, 3.63) is 32.2 Å². The molecule has 22 heavy (non-hydrogen) atoms. The van der Waals surface area contributed by atoms with Gasteiger partial charge in [-0.25, -0.2) is 9.59 Å². The van der Waals surface area contributed by atoms with E-state index in [-0.39, 0.29) is 17.7 Å². The maximum absolute atomic E-state index is 12.2. The Morgan fingerprint density at radius 3 is 2.00 bits per heavy atom. The van der Waals surface area contributed by atoms with E-state index in [0.717, 1.165) is 12.8 Å². The van der Waals surface area contributed by atoms with Crippen molar-refractivity contribution in [2.45, 2.75) is 33.6 Å². The van der Waals surface area contributed by atoms with E-state index >= 15 is 0 Å². The van der Waals surface area contributed by atoms with Crippen LogP contribution in [0.2, 0.25) is 0 Å². The third-order valence-corrected chi connectivity index (χ3v) is 4.78. The fourth-order valence-corrected chi connectivity index (χ4v) is 2.51. The fourth-order valence-electron chi connectivity index (χ4n) is 1.83. The monoisotopic (exact) mass is 434 g/mol. The maximum Gasteiger partial charge on any atom is 0.339 e. The molecule has 0 N–H and O–H groups in total. The molecule has 0 unspecified atom stereocenters. The Morgan fingerprint density at radius 2 is 1.55 bits per heavy atom. The third kappa shape index (κ3) is 5.72. The van der Waals surface area contributed by atoms with Crippen LogP contribution in [0.15, 0.2) is 21.1 Å². The van der Waals surface area contributed by atoms with E-state index in [4.69, 9.17) is 9.47 Å². The smallest absolute Gasteiger partial charge is 0.339 e. The van der Waals surface area contributed by atoms with Crippen LogP contribution in [0.5, 0.6) is 0 Å². The van der Waals surface area contributed by atoms with Crippen LogP contribution in [0.25, 0.3) is 0 Å². The number of ether oxygens (including phenoxy) is 2. The molecule has 122 valence electrons. The van der Waals surface area contributed by atoms with Crippen molar-refractivity contribution < 1.29 is 19.1 Å². The van der Waals surface area contributed by atoms with Crippen LogP contribution in [-0.4, -0.2) is 25.2 Å². The molecule has 1 aromatic carbocycles. The van der Waals surface area contributed by atoms with Crippen LogP contribution in [0, 0.1) is 5.92 Å². The van der Waals surface area contributed by atoms with Gasteiger partial charge in [-0.05, 0) is 69.7 Å². The summed E-state index contributed by atoms with van der Waals surface area (Å²) >= 11 is 6.65. The molecule has 0 atom stereocenters. The topological polar surface area (TPSA) is 52.6 Å². The van der Waals surface area contributed by atoms with Gasteiger partial charge in [-0.3, -0.25) is 0 Å². The van der Waals surface area contributed by atoms with Gasteiger partial charge in [-0.15, -0.1) is 0 Å². The van der Waals surface area contributed by atoms with E-state index in [1.54, 1.807) is 19.1 Å². The summed E-state index contributed by atoms with van der Waals surface area (Å²) in [6, 6.07) is 3.13. The Balaban J connectivity index is 2.89. The molecule has 0 aliphatic rings. The lowest BCUT2D eigenvalue weighted by Crippen LogP contribution is -2.15. The van der Waals surface area contributed by atoms with Crippen molar-refractivity contribution in [3.8, 4) is 0 Å². The predicted molar refractivity (Wildman–Crippen MR) is 92.2 cm³/mol. The van der Waals surface area contributed by atoms with E-state index in [9.17, 15) is 9.59 Å². The Labute approximate surface area is 147 Å². The Hall–Kier alpha value is -0.880. The number of carbonyl (C=O) groups excluding carboxylic acids is 2. The molecule has 0 aliphatic carbocycles. The first-order chi connectivity index (χ1) is 10.4. The number of hydrogen-bond donors (Lipinski definition) is 0. The van der Waals surface area contributed by atoms with Gasteiger partial charge >= 0.3 is 11.9 Å². The Kier molecular flexibility index (Phi) is 8.10.